The third-order valence-electron chi connectivity index (χ3n) is 9.34. The minimum absolute atomic E-state index is 0.286. The molecule has 4 aliphatic rings. The minimum Gasteiger partial charge on any atom is -0.387 e. The molecule has 6 N–H and O–H groups in total. The van der Waals surface area contributed by atoms with Crippen LogP contribution in [0.4, 0.5) is 17.3 Å². The Kier molecular flexibility index (Phi) is 6.08. The maximum absolute atomic E-state index is 10.8. The molecule has 3 fully saturated rings. The minimum atomic E-state index is -1.06. The number of aromatic nitrogens is 4. The van der Waals surface area contributed by atoms with Gasteiger partial charge in [-0.05, 0) is 62.8 Å². The van der Waals surface area contributed by atoms with Gasteiger partial charge in [0.2, 0.25) is 0 Å². The monoisotopic (exact) mass is 545 g/mol. The lowest BCUT2D eigenvalue weighted by Gasteiger charge is -2.42. The summed E-state index contributed by atoms with van der Waals surface area (Å²) in [5.41, 5.74) is 9.34. The van der Waals surface area contributed by atoms with Crippen LogP contribution in [0.3, 0.4) is 0 Å². The van der Waals surface area contributed by atoms with Crippen LogP contribution in [-0.2, 0) is 16.6 Å². The van der Waals surface area contributed by atoms with Gasteiger partial charge in [0.1, 0.15) is 36.2 Å². The summed E-state index contributed by atoms with van der Waals surface area (Å²) in [6.07, 6.45) is 4.10. The highest BCUT2D eigenvalue weighted by Crippen LogP contribution is 2.48. The highest BCUT2D eigenvalue weighted by molar-refractivity contribution is 5.80. The van der Waals surface area contributed by atoms with Crippen molar-refractivity contribution in [2.75, 3.05) is 36.2 Å². The lowest BCUT2D eigenvalue weighted by Crippen LogP contribution is -2.47. The van der Waals surface area contributed by atoms with E-state index >= 15 is 0 Å². The molecule has 0 amide bonds. The van der Waals surface area contributed by atoms with Gasteiger partial charge >= 0.3 is 0 Å². The number of aliphatic hydroxyl groups excluding tert-OH is 2. The van der Waals surface area contributed by atoms with Crippen LogP contribution in [-0.4, -0.2) is 85.9 Å². The normalized spacial score (nSPS) is 30.2. The number of imidazole rings is 1. The molecule has 0 unspecified atom stereocenters. The molecule has 7 rings (SSSR count). The zero-order valence-corrected chi connectivity index (χ0v) is 22.5. The van der Waals surface area contributed by atoms with Gasteiger partial charge in [0, 0.05) is 19.0 Å². The molecular formula is C28H35N9O3. The molecule has 12 heteroatoms. The van der Waals surface area contributed by atoms with Gasteiger partial charge in [-0.1, -0.05) is 6.07 Å². The van der Waals surface area contributed by atoms with Crippen LogP contribution in [0.1, 0.15) is 43.5 Å². The average Bonchev–Trinajstić information content (AvgIpc) is 3.30. The lowest BCUT2D eigenvalue weighted by molar-refractivity contribution is -0.0257. The maximum Gasteiger partial charge on any atom is 0.162 e. The third kappa shape index (κ3) is 4.25. The summed E-state index contributed by atoms with van der Waals surface area (Å²) < 4.78 is 6.17. The fraction of sp³-hybridized carbons (Fsp3) is 0.571. The predicted molar refractivity (Wildman–Crippen MR) is 148 cm³/mol. The number of nitrogens with zero attached hydrogens (tertiary/aromatic N) is 6. The first-order valence-electron chi connectivity index (χ1n) is 14.1. The number of likely N-dealkylation sites (N-methyl/N-ethyl adjacent to an activating group) is 1. The van der Waals surface area contributed by atoms with E-state index in [1.54, 1.807) is 4.90 Å². The van der Waals surface area contributed by atoms with E-state index in [-0.39, 0.29) is 5.41 Å². The maximum atomic E-state index is 10.8. The number of aliphatic hydroxyl groups is 2. The number of ether oxygens (including phenoxy) is 1. The number of nitriles is 1. The van der Waals surface area contributed by atoms with Crippen LogP contribution in [0, 0.1) is 17.2 Å². The SMILES string of the molecule is CN(C[C@H]1O[C@@H](N2CNc3c(N)ncnc32)[C@H](O)[C@@H]1O)C1CC(CCc2nc3ccc(C4(C#N)CC4)cc3[nH]2)C1. The number of H-pyrrole nitrogens is 1. The highest BCUT2D eigenvalue weighted by atomic mass is 16.6. The van der Waals surface area contributed by atoms with E-state index in [9.17, 15) is 15.5 Å². The topological polar surface area (TPSA) is 172 Å². The second-order valence-electron chi connectivity index (χ2n) is 11.9. The van der Waals surface area contributed by atoms with Crippen molar-refractivity contribution in [1.29, 1.82) is 5.26 Å². The molecule has 0 radical (unpaired) electrons. The summed E-state index contributed by atoms with van der Waals surface area (Å²) in [4.78, 5) is 20.6. The number of aryl methyl sites for hydroxylation is 1. The van der Waals surface area contributed by atoms with Crippen molar-refractivity contribution in [3.63, 3.8) is 0 Å². The van der Waals surface area contributed by atoms with E-state index in [1.165, 1.54) is 6.33 Å². The molecule has 2 saturated carbocycles. The molecule has 12 nitrogen and oxygen atoms in total. The molecule has 40 heavy (non-hydrogen) atoms. The number of aromatic amines is 1. The number of fused-ring (bicyclic) bond motifs is 2. The Balaban J connectivity index is 0.904. The first kappa shape index (κ1) is 25.5. The van der Waals surface area contributed by atoms with E-state index in [4.69, 9.17) is 15.5 Å². The Hall–Kier alpha value is -3.50. The van der Waals surface area contributed by atoms with Gasteiger partial charge in [0.25, 0.3) is 0 Å². The van der Waals surface area contributed by atoms with Gasteiger partial charge < -0.3 is 40.8 Å². The smallest absolute Gasteiger partial charge is 0.162 e. The van der Waals surface area contributed by atoms with Crippen molar-refractivity contribution in [2.45, 2.75) is 74.5 Å². The third-order valence-corrected chi connectivity index (χ3v) is 9.34. The van der Waals surface area contributed by atoms with Gasteiger partial charge in [-0.25, -0.2) is 15.0 Å². The predicted octanol–water partition coefficient (Wildman–Crippen LogP) is 1.47. The van der Waals surface area contributed by atoms with Crippen molar-refractivity contribution in [3.05, 3.63) is 35.9 Å². The molecule has 2 aliphatic heterocycles. The number of hydrogen-bond donors (Lipinski definition) is 5. The number of nitrogens with two attached hydrogens (primary N) is 1. The zero-order valence-electron chi connectivity index (χ0n) is 22.5. The Morgan fingerprint density at radius 3 is 2.85 bits per heavy atom. The van der Waals surface area contributed by atoms with Crippen molar-refractivity contribution >= 4 is 28.4 Å². The fourth-order valence-corrected chi connectivity index (χ4v) is 6.50. The molecule has 1 saturated heterocycles. The lowest BCUT2D eigenvalue weighted by atomic mass is 9.76. The number of anilines is 3. The summed E-state index contributed by atoms with van der Waals surface area (Å²) in [5.74, 6) is 2.53. The van der Waals surface area contributed by atoms with Gasteiger partial charge in [0.05, 0.1) is 29.2 Å². The summed E-state index contributed by atoms with van der Waals surface area (Å²) in [6.45, 7) is 0.898. The largest absolute Gasteiger partial charge is 0.387 e. The second-order valence-corrected chi connectivity index (χ2v) is 11.9. The molecule has 2 aromatic heterocycles. The Labute approximate surface area is 232 Å². The van der Waals surface area contributed by atoms with Gasteiger partial charge in [-0.2, -0.15) is 5.26 Å². The van der Waals surface area contributed by atoms with Crippen molar-refractivity contribution in [3.8, 4) is 6.07 Å². The summed E-state index contributed by atoms with van der Waals surface area (Å²) in [5, 5.41) is 34.2. The summed E-state index contributed by atoms with van der Waals surface area (Å²) in [7, 11) is 2.06. The van der Waals surface area contributed by atoms with Crippen LogP contribution >= 0.6 is 0 Å². The number of rotatable bonds is 8. The number of nitrogen functional groups attached to an aromatic ring is 1. The van der Waals surface area contributed by atoms with E-state index in [2.05, 4.69) is 44.4 Å². The van der Waals surface area contributed by atoms with Crippen LogP contribution in [0.15, 0.2) is 24.5 Å². The zero-order chi connectivity index (χ0) is 27.6. The molecule has 1 aromatic carbocycles. The van der Waals surface area contributed by atoms with Crippen LogP contribution in [0.25, 0.3) is 11.0 Å². The second kappa shape index (κ2) is 9.55. The Bertz CT molecular complexity index is 1460. The van der Waals surface area contributed by atoms with Crippen molar-refractivity contribution < 1.29 is 14.9 Å². The van der Waals surface area contributed by atoms with Crippen LogP contribution in [0.5, 0.6) is 0 Å². The number of nitrogens with one attached hydrogen (secondary N) is 2. The van der Waals surface area contributed by atoms with Crippen molar-refractivity contribution in [2.24, 2.45) is 5.92 Å². The summed E-state index contributed by atoms with van der Waals surface area (Å²) >= 11 is 0. The standard InChI is InChI=1S/C28H35N9O3/c1-36(11-20-23(38)24(39)27(40-20)37-14-33-22-25(30)31-13-32-26(22)37)17-8-15(9-17)2-5-21-34-18-4-3-16(10-19(18)35-21)28(12-29)6-7-28/h3-4,10,13,15,17,20,23-24,27,33,38-39H,2,5-9,11,14H2,1H3,(H,34,35)(H2,30,31,32)/t15?,17?,20-,23-,24-,27-/m1/s1. The van der Waals surface area contributed by atoms with Crippen LogP contribution in [0.2, 0.25) is 0 Å². The molecular weight excluding hydrogens is 510 g/mol. The molecule has 4 heterocycles. The molecule has 0 spiro atoms. The number of benzene rings is 1. The van der Waals surface area contributed by atoms with Crippen molar-refractivity contribution in [1.82, 2.24) is 24.8 Å². The van der Waals surface area contributed by atoms with Gasteiger partial charge in [-0.15, -0.1) is 0 Å². The first-order valence-corrected chi connectivity index (χ1v) is 14.1. The van der Waals surface area contributed by atoms with E-state index in [0.717, 1.165) is 60.9 Å². The summed E-state index contributed by atoms with van der Waals surface area (Å²) in [6, 6.07) is 9.06. The van der Waals surface area contributed by atoms with Gasteiger partial charge in [-0.3, -0.25) is 0 Å². The molecule has 2 aliphatic carbocycles. The van der Waals surface area contributed by atoms with Gasteiger partial charge in [0.15, 0.2) is 17.9 Å². The van der Waals surface area contributed by atoms with E-state index in [0.29, 0.717) is 42.5 Å². The highest BCUT2D eigenvalue weighted by Gasteiger charge is 2.48. The fourth-order valence-electron chi connectivity index (χ4n) is 6.50. The Morgan fingerprint density at radius 2 is 2.08 bits per heavy atom. The molecule has 210 valence electrons. The quantitative estimate of drug-likeness (QED) is 0.277. The van der Waals surface area contributed by atoms with Crippen LogP contribution < -0.4 is 16.0 Å². The van der Waals surface area contributed by atoms with E-state index in [1.807, 2.05) is 12.1 Å². The Morgan fingerprint density at radius 1 is 1.25 bits per heavy atom. The number of hydrogen-bond acceptors (Lipinski definition) is 11. The first-order chi connectivity index (χ1) is 19.3. The molecule has 0 bridgehead atoms. The molecule has 3 aromatic rings. The molecule has 4 atom stereocenters. The van der Waals surface area contributed by atoms with E-state index < -0.39 is 24.5 Å². The average molecular weight is 546 g/mol.